The summed E-state index contributed by atoms with van der Waals surface area (Å²) in [5.41, 5.74) is 11.7. The molecule has 1 aliphatic heterocycles. The number of nitrogen functional groups attached to an aromatic ring is 1. The molecule has 0 unspecified atom stereocenters. The van der Waals surface area contributed by atoms with E-state index in [0.717, 1.165) is 27.8 Å². The van der Waals surface area contributed by atoms with Crippen LogP contribution in [0.3, 0.4) is 0 Å². The Labute approximate surface area is 173 Å². The first-order valence-corrected chi connectivity index (χ1v) is 9.76. The summed E-state index contributed by atoms with van der Waals surface area (Å²) in [6, 6.07) is 21.3. The van der Waals surface area contributed by atoms with E-state index in [4.69, 9.17) is 5.73 Å². The lowest BCUT2D eigenvalue weighted by Gasteiger charge is -2.17. The highest BCUT2D eigenvalue weighted by molar-refractivity contribution is 6.05. The van der Waals surface area contributed by atoms with Gasteiger partial charge in [0.05, 0.1) is 12.1 Å². The van der Waals surface area contributed by atoms with Gasteiger partial charge in [0, 0.05) is 18.5 Å². The standard InChI is InChI=1S/C24H20N4O2/c25-24-26-21-10-9-15(19-8-4-3-7-18(19)14-29)11-20(21)22(27-24)23(30)28-12-16-5-1-2-6-17(16)13-28/h1-11,29H,12-14H2,(H2,25,26,27). The van der Waals surface area contributed by atoms with Crippen LogP contribution in [0.25, 0.3) is 22.0 Å². The van der Waals surface area contributed by atoms with Crippen molar-refractivity contribution in [3.63, 3.8) is 0 Å². The van der Waals surface area contributed by atoms with Crippen molar-refractivity contribution < 1.29 is 9.90 Å². The number of carbonyl (C=O) groups is 1. The maximum absolute atomic E-state index is 13.4. The highest BCUT2D eigenvalue weighted by Crippen LogP contribution is 2.30. The average molecular weight is 396 g/mol. The first-order chi connectivity index (χ1) is 14.6. The SMILES string of the molecule is Nc1nc(C(=O)N2Cc3ccccc3C2)c2cc(-c3ccccc3CO)ccc2n1. The summed E-state index contributed by atoms with van der Waals surface area (Å²) in [4.78, 5) is 23.8. The van der Waals surface area contributed by atoms with Crippen molar-refractivity contribution in [1.29, 1.82) is 0 Å². The molecule has 1 aromatic heterocycles. The number of nitrogens with zero attached hydrogens (tertiary/aromatic N) is 3. The minimum absolute atomic E-state index is 0.0652. The maximum Gasteiger partial charge on any atom is 0.273 e. The number of amides is 1. The second kappa shape index (κ2) is 7.24. The van der Waals surface area contributed by atoms with Crippen LogP contribution in [0.15, 0.2) is 66.7 Å². The van der Waals surface area contributed by atoms with E-state index in [1.807, 2.05) is 66.7 Å². The first kappa shape index (κ1) is 18.3. The van der Waals surface area contributed by atoms with Crippen molar-refractivity contribution in [1.82, 2.24) is 14.9 Å². The molecule has 0 saturated heterocycles. The van der Waals surface area contributed by atoms with E-state index in [1.54, 1.807) is 4.90 Å². The molecule has 3 N–H and O–H groups in total. The third-order valence-corrected chi connectivity index (χ3v) is 5.54. The fraction of sp³-hybridized carbons (Fsp3) is 0.125. The molecule has 0 radical (unpaired) electrons. The van der Waals surface area contributed by atoms with Gasteiger partial charge in [0.25, 0.3) is 5.91 Å². The minimum atomic E-state index is -0.169. The van der Waals surface area contributed by atoms with Crippen molar-refractivity contribution in [2.75, 3.05) is 5.73 Å². The zero-order valence-corrected chi connectivity index (χ0v) is 16.2. The van der Waals surface area contributed by atoms with Crippen LogP contribution in [0, 0.1) is 0 Å². The van der Waals surface area contributed by atoms with Gasteiger partial charge in [-0.2, -0.15) is 0 Å². The molecule has 5 rings (SSSR count). The van der Waals surface area contributed by atoms with Gasteiger partial charge in [-0.05, 0) is 39.9 Å². The Kier molecular flexibility index (Phi) is 4.41. The molecular weight excluding hydrogens is 376 g/mol. The van der Waals surface area contributed by atoms with Crippen molar-refractivity contribution in [2.24, 2.45) is 0 Å². The minimum Gasteiger partial charge on any atom is -0.392 e. The van der Waals surface area contributed by atoms with Gasteiger partial charge in [0.1, 0.15) is 5.69 Å². The molecule has 6 nitrogen and oxygen atoms in total. The fourth-order valence-corrected chi connectivity index (χ4v) is 4.04. The molecule has 1 amide bonds. The molecule has 4 aromatic rings. The summed E-state index contributed by atoms with van der Waals surface area (Å²) < 4.78 is 0. The van der Waals surface area contributed by atoms with E-state index < -0.39 is 0 Å². The van der Waals surface area contributed by atoms with Crippen LogP contribution in [0.2, 0.25) is 0 Å². The van der Waals surface area contributed by atoms with E-state index >= 15 is 0 Å². The van der Waals surface area contributed by atoms with Gasteiger partial charge < -0.3 is 15.7 Å². The van der Waals surface area contributed by atoms with Gasteiger partial charge in [0.15, 0.2) is 0 Å². The Morgan fingerprint density at radius 1 is 0.967 bits per heavy atom. The van der Waals surface area contributed by atoms with E-state index in [9.17, 15) is 9.90 Å². The summed E-state index contributed by atoms with van der Waals surface area (Å²) >= 11 is 0. The number of aliphatic hydroxyl groups is 1. The molecule has 3 aromatic carbocycles. The van der Waals surface area contributed by atoms with Crippen LogP contribution in [0.1, 0.15) is 27.2 Å². The van der Waals surface area contributed by atoms with Crippen LogP contribution in [-0.4, -0.2) is 25.9 Å². The summed E-state index contributed by atoms with van der Waals surface area (Å²) in [7, 11) is 0. The zero-order chi connectivity index (χ0) is 20.7. The molecule has 0 fully saturated rings. The molecule has 2 heterocycles. The number of rotatable bonds is 3. The number of benzene rings is 3. The Bertz CT molecular complexity index is 1260. The second-order valence-electron chi connectivity index (χ2n) is 7.41. The van der Waals surface area contributed by atoms with Crippen molar-refractivity contribution in [3.8, 4) is 11.1 Å². The summed E-state index contributed by atoms with van der Waals surface area (Å²) in [6.45, 7) is 1.03. The second-order valence-corrected chi connectivity index (χ2v) is 7.41. The van der Waals surface area contributed by atoms with Gasteiger partial charge in [-0.15, -0.1) is 0 Å². The van der Waals surface area contributed by atoms with E-state index in [2.05, 4.69) is 9.97 Å². The number of nitrogens with two attached hydrogens (primary N) is 1. The van der Waals surface area contributed by atoms with Crippen LogP contribution in [0.5, 0.6) is 0 Å². The number of carbonyl (C=O) groups excluding carboxylic acids is 1. The summed E-state index contributed by atoms with van der Waals surface area (Å²) in [6.07, 6.45) is 0. The highest BCUT2D eigenvalue weighted by atomic mass is 16.3. The topological polar surface area (TPSA) is 92.3 Å². The molecule has 0 bridgehead atoms. The van der Waals surface area contributed by atoms with E-state index in [0.29, 0.717) is 29.7 Å². The number of aliphatic hydroxyl groups excluding tert-OH is 1. The van der Waals surface area contributed by atoms with Gasteiger partial charge in [-0.1, -0.05) is 54.6 Å². The van der Waals surface area contributed by atoms with Gasteiger partial charge in [0.2, 0.25) is 5.95 Å². The Balaban J connectivity index is 1.60. The molecular formula is C24H20N4O2. The van der Waals surface area contributed by atoms with Gasteiger partial charge >= 0.3 is 0 Å². The molecule has 148 valence electrons. The van der Waals surface area contributed by atoms with Gasteiger partial charge in [-0.25, -0.2) is 9.97 Å². The molecule has 30 heavy (non-hydrogen) atoms. The van der Waals surface area contributed by atoms with Gasteiger partial charge in [-0.3, -0.25) is 4.79 Å². The number of aromatic nitrogens is 2. The molecule has 6 heteroatoms. The van der Waals surface area contributed by atoms with Crippen LogP contribution < -0.4 is 5.73 Å². The maximum atomic E-state index is 13.4. The number of hydrogen-bond donors (Lipinski definition) is 2. The lowest BCUT2D eigenvalue weighted by molar-refractivity contribution is 0.0747. The normalized spacial score (nSPS) is 12.9. The smallest absolute Gasteiger partial charge is 0.273 e. The van der Waals surface area contributed by atoms with Crippen molar-refractivity contribution in [3.05, 3.63) is 89.1 Å². The summed E-state index contributed by atoms with van der Waals surface area (Å²) in [5.74, 6) is -0.0936. The molecule has 0 saturated carbocycles. The van der Waals surface area contributed by atoms with Crippen LogP contribution in [0.4, 0.5) is 5.95 Å². The molecule has 0 spiro atoms. The molecule has 1 aliphatic rings. The molecule has 0 atom stereocenters. The monoisotopic (exact) mass is 396 g/mol. The first-order valence-electron chi connectivity index (χ1n) is 9.76. The van der Waals surface area contributed by atoms with Crippen LogP contribution in [-0.2, 0) is 19.7 Å². The number of fused-ring (bicyclic) bond motifs is 2. The third kappa shape index (κ3) is 3.07. The third-order valence-electron chi connectivity index (χ3n) is 5.54. The van der Waals surface area contributed by atoms with E-state index in [1.165, 1.54) is 0 Å². The average Bonchev–Trinajstić information content (AvgIpc) is 3.22. The van der Waals surface area contributed by atoms with Crippen molar-refractivity contribution in [2.45, 2.75) is 19.7 Å². The quantitative estimate of drug-likeness (QED) is 0.553. The van der Waals surface area contributed by atoms with Crippen molar-refractivity contribution >= 4 is 22.8 Å². The lowest BCUT2D eigenvalue weighted by Crippen LogP contribution is -2.27. The Morgan fingerprint density at radius 2 is 1.67 bits per heavy atom. The highest BCUT2D eigenvalue weighted by Gasteiger charge is 2.27. The lowest BCUT2D eigenvalue weighted by atomic mass is 9.98. The van der Waals surface area contributed by atoms with E-state index in [-0.39, 0.29) is 18.5 Å². The largest absolute Gasteiger partial charge is 0.392 e. The fourth-order valence-electron chi connectivity index (χ4n) is 4.04. The number of hydrogen-bond acceptors (Lipinski definition) is 5. The predicted molar refractivity (Wildman–Crippen MR) is 115 cm³/mol. The predicted octanol–water partition coefficient (Wildman–Crippen LogP) is 3.53. The van der Waals surface area contributed by atoms with Crippen LogP contribution >= 0.6 is 0 Å². The Hall–Kier alpha value is -3.77. The Morgan fingerprint density at radius 3 is 2.40 bits per heavy atom. The summed E-state index contributed by atoms with van der Waals surface area (Å²) in [5, 5.41) is 10.3. The number of anilines is 1. The zero-order valence-electron chi connectivity index (χ0n) is 16.2. The molecule has 0 aliphatic carbocycles.